The van der Waals surface area contributed by atoms with Crippen LogP contribution in [0.5, 0.6) is 0 Å². The van der Waals surface area contributed by atoms with Crippen molar-refractivity contribution in [1.82, 2.24) is 0 Å². The highest BCUT2D eigenvalue weighted by molar-refractivity contribution is 8.84. The molecule has 49 heavy (non-hydrogen) atoms. The van der Waals surface area contributed by atoms with E-state index in [0.717, 1.165) is 84.7 Å². The van der Waals surface area contributed by atoms with Crippen LogP contribution in [0, 0.1) is 45.3 Å². The van der Waals surface area contributed by atoms with Crippen LogP contribution in [0.25, 0.3) is 0 Å². The zero-order valence-corrected chi connectivity index (χ0v) is 34.6. The molecule has 6 nitrogen and oxygen atoms in total. The Morgan fingerprint density at radius 1 is 0.469 bits per heavy atom. The summed E-state index contributed by atoms with van der Waals surface area (Å²) in [6.45, 7) is 17.7. The molecule has 0 aromatic rings. The minimum absolute atomic E-state index is 0.251. The minimum Gasteiger partial charge on any atom is -0.289 e. The van der Waals surface area contributed by atoms with Gasteiger partial charge in [-0.15, -0.1) is 0 Å². The van der Waals surface area contributed by atoms with Gasteiger partial charge in [0.1, 0.15) is 22.4 Å². The lowest BCUT2D eigenvalue weighted by Crippen LogP contribution is -2.66. The molecule has 8 atom stereocenters. The minimum atomic E-state index is -4.27. The predicted molar refractivity (Wildman–Crippen MR) is 199 cm³/mol. The molecule has 0 aromatic carbocycles. The molecule has 8 bridgehead atoms. The molecule has 4 saturated carbocycles. The summed E-state index contributed by atoms with van der Waals surface area (Å²) in [7, 11) is 0. The first-order valence-electron chi connectivity index (χ1n) is 18.9. The van der Waals surface area contributed by atoms with Gasteiger partial charge in [-0.3, -0.25) is 18.1 Å². The van der Waals surface area contributed by atoms with E-state index >= 15 is 9.13 Å². The Morgan fingerprint density at radius 2 is 0.673 bits per heavy atom. The summed E-state index contributed by atoms with van der Waals surface area (Å²) in [5.41, 5.74) is 0.216. The lowest BCUT2D eigenvalue weighted by atomic mass is 9.46. The summed E-state index contributed by atoms with van der Waals surface area (Å²) in [5.74, 6) is 1.71. The summed E-state index contributed by atoms with van der Waals surface area (Å²) < 4.78 is 61.0. The quantitative estimate of drug-likeness (QED) is 0.164. The van der Waals surface area contributed by atoms with Crippen LogP contribution in [0.1, 0.15) is 134 Å². The number of fused-ring (bicyclic) bond motifs is 4. The van der Waals surface area contributed by atoms with E-state index in [1.165, 1.54) is 0 Å². The first-order chi connectivity index (χ1) is 22.5. The molecule has 0 saturated heterocycles. The molecular formula is C40H60O6P2S. The van der Waals surface area contributed by atoms with E-state index in [9.17, 15) is 0 Å². The maximum atomic E-state index is 16.2. The molecule has 12 rings (SSSR count). The smallest absolute Gasteiger partial charge is 0.289 e. The van der Waals surface area contributed by atoms with E-state index in [2.05, 4.69) is 107 Å². The second-order valence-corrected chi connectivity index (χ2v) is 27.0. The first kappa shape index (κ1) is 35.6. The summed E-state index contributed by atoms with van der Waals surface area (Å²) in [6, 6.07) is 0. The van der Waals surface area contributed by atoms with Crippen LogP contribution >= 0.6 is 24.6 Å². The monoisotopic (exact) mass is 730 g/mol. The highest BCUT2D eigenvalue weighted by atomic mass is 33.1. The van der Waals surface area contributed by atoms with Crippen LogP contribution in [0.3, 0.4) is 0 Å². The highest BCUT2D eigenvalue weighted by Crippen LogP contribution is 2.89. The second-order valence-electron chi connectivity index (χ2n) is 19.6. The maximum absolute atomic E-state index is 16.2. The summed E-state index contributed by atoms with van der Waals surface area (Å²) in [4.78, 5) is 0. The van der Waals surface area contributed by atoms with Crippen molar-refractivity contribution in [2.45, 2.75) is 157 Å². The SMILES string of the molecule is CC1=CCC2CC1(OP(=O)(OC13CC(CC=C1C)C3(C)C)SP(=O)(OC13CC(CC=C1C)C3(C)C)OC13CC(CC=C1C)C3(C)C)C2(C)C. The molecule has 0 amide bonds. The zero-order chi connectivity index (χ0) is 35.6. The third-order valence-corrected chi connectivity index (χ3v) is 25.3. The fraction of sp³-hybridized carbons (Fsp3) is 0.800. The second kappa shape index (κ2) is 10.2. The lowest BCUT2D eigenvalue weighted by molar-refractivity contribution is -0.189. The summed E-state index contributed by atoms with van der Waals surface area (Å²) >= 11 is 0.786. The van der Waals surface area contributed by atoms with Crippen molar-refractivity contribution in [1.29, 1.82) is 0 Å². The molecule has 0 N–H and O–H groups in total. The Balaban J connectivity index is 1.26. The Morgan fingerprint density at radius 3 is 0.837 bits per heavy atom. The average molecular weight is 731 g/mol. The fourth-order valence-corrected chi connectivity index (χ4v) is 22.1. The van der Waals surface area contributed by atoms with Gasteiger partial charge < -0.3 is 0 Å². The van der Waals surface area contributed by atoms with E-state index in [-0.39, 0.29) is 21.7 Å². The fourth-order valence-electron chi connectivity index (χ4n) is 12.3. The van der Waals surface area contributed by atoms with E-state index in [0.29, 0.717) is 23.7 Å². The van der Waals surface area contributed by atoms with Crippen molar-refractivity contribution >= 4 is 24.6 Å². The Labute approximate surface area is 299 Å². The molecule has 0 radical (unpaired) electrons. The van der Waals surface area contributed by atoms with Gasteiger partial charge in [0, 0.05) is 21.7 Å². The van der Waals surface area contributed by atoms with E-state index in [1.807, 2.05) is 0 Å². The van der Waals surface area contributed by atoms with Crippen molar-refractivity contribution in [2.24, 2.45) is 45.3 Å². The summed E-state index contributed by atoms with van der Waals surface area (Å²) in [5, 5.41) is 0. The van der Waals surface area contributed by atoms with Gasteiger partial charge in [-0.05, 0) is 125 Å². The highest BCUT2D eigenvalue weighted by Gasteiger charge is 2.73. The molecule has 0 aromatic heterocycles. The van der Waals surface area contributed by atoms with E-state index < -0.39 is 36.0 Å². The van der Waals surface area contributed by atoms with Crippen molar-refractivity contribution in [3.05, 3.63) is 46.6 Å². The Kier molecular flexibility index (Phi) is 7.43. The summed E-state index contributed by atoms with van der Waals surface area (Å²) in [6.07, 6.45) is 16.0. The van der Waals surface area contributed by atoms with Crippen LogP contribution in [-0.2, 0) is 27.2 Å². The van der Waals surface area contributed by atoms with Crippen molar-refractivity contribution in [3.63, 3.8) is 0 Å². The first-order valence-corrected chi connectivity index (χ1v) is 24.0. The van der Waals surface area contributed by atoms with Crippen molar-refractivity contribution < 1.29 is 27.2 Å². The Hall–Kier alpha value is -0.390. The molecule has 272 valence electrons. The molecule has 12 aliphatic carbocycles. The Bertz CT molecular complexity index is 1490. The van der Waals surface area contributed by atoms with Gasteiger partial charge in [0.05, 0.1) is 11.0 Å². The lowest BCUT2D eigenvalue weighted by Gasteiger charge is -2.67. The molecule has 12 aliphatic rings. The van der Waals surface area contributed by atoms with Crippen LogP contribution in [0.2, 0.25) is 0 Å². The number of hydrogen-bond acceptors (Lipinski definition) is 7. The third-order valence-electron chi connectivity index (χ3n) is 17.0. The van der Waals surface area contributed by atoms with Gasteiger partial charge in [0.15, 0.2) is 0 Å². The van der Waals surface area contributed by atoms with Gasteiger partial charge in [-0.25, -0.2) is 9.13 Å². The molecular weight excluding hydrogens is 670 g/mol. The standard InChI is InChI=1S/C40H60O6P2S/c1-25-13-17-29-21-37(25,33(29,5)6)43-47(41,44-38-22-30(34(38,7)8)18-14-26(38)2)49-48(42,45-39-23-31(35(39,9)10)19-15-27(39)3)46-40-24-32(36(40,11)12)20-16-28(40)4/h13-16,29-32H,17-24H2,1-12H3. The number of allylic oxidation sites excluding steroid dienone is 4. The van der Waals surface area contributed by atoms with Gasteiger partial charge >= 0.3 is 13.6 Å². The molecule has 0 heterocycles. The van der Waals surface area contributed by atoms with Gasteiger partial charge in [-0.1, -0.05) is 79.7 Å². The average Bonchev–Trinajstić information content (AvgIpc) is 3.00. The zero-order valence-electron chi connectivity index (χ0n) is 32.0. The molecule has 9 heteroatoms. The van der Waals surface area contributed by atoms with Crippen molar-refractivity contribution in [2.75, 3.05) is 0 Å². The van der Waals surface area contributed by atoms with Crippen LogP contribution in [-0.4, -0.2) is 22.4 Å². The predicted octanol–water partition coefficient (Wildman–Crippen LogP) is 12.5. The van der Waals surface area contributed by atoms with Gasteiger partial charge in [0.2, 0.25) is 0 Å². The third kappa shape index (κ3) is 4.20. The topological polar surface area (TPSA) is 71.1 Å². The van der Waals surface area contributed by atoms with E-state index in [4.69, 9.17) is 18.1 Å². The van der Waals surface area contributed by atoms with Gasteiger partial charge in [-0.2, -0.15) is 0 Å². The molecule has 4 fully saturated rings. The maximum Gasteiger partial charge on any atom is 0.402 e. The largest absolute Gasteiger partial charge is 0.402 e. The van der Waals surface area contributed by atoms with Crippen LogP contribution in [0.4, 0.5) is 0 Å². The van der Waals surface area contributed by atoms with Crippen molar-refractivity contribution in [3.8, 4) is 0 Å². The molecule has 0 aliphatic heterocycles. The van der Waals surface area contributed by atoms with E-state index in [1.54, 1.807) is 0 Å². The van der Waals surface area contributed by atoms with Crippen LogP contribution < -0.4 is 0 Å². The van der Waals surface area contributed by atoms with Crippen LogP contribution in [0.15, 0.2) is 46.6 Å². The number of rotatable bonds is 10. The normalized spacial score (nSPS) is 46.4. The molecule has 8 unspecified atom stereocenters. The van der Waals surface area contributed by atoms with Gasteiger partial charge in [0.25, 0.3) is 0 Å². The molecule has 0 spiro atoms. The number of hydrogen-bond donors (Lipinski definition) is 0.